The van der Waals surface area contributed by atoms with E-state index in [1.165, 1.54) is 12.0 Å². The van der Waals surface area contributed by atoms with Gasteiger partial charge in [-0.1, -0.05) is 32.8 Å². The van der Waals surface area contributed by atoms with Crippen LogP contribution in [-0.2, 0) is 9.59 Å². The van der Waals surface area contributed by atoms with Gasteiger partial charge in [0, 0.05) is 24.7 Å². The Morgan fingerprint density at radius 3 is 2.56 bits per heavy atom. The molecular weight excluding hydrogens is 312 g/mol. The van der Waals surface area contributed by atoms with E-state index in [0.717, 1.165) is 24.1 Å². The molecule has 1 heterocycles. The second-order valence-corrected chi connectivity index (χ2v) is 7.91. The molecule has 1 N–H and O–H groups in total. The molecule has 1 aliphatic rings. The van der Waals surface area contributed by atoms with E-state index in [1.807, 2.05) is 25.1 Å². The third-order valence-electron chi connectivity index (χ3n) is 5.11. The van der Waals surface area contributed by atoms with Gasteiger partial charge in [0.25, 0.3) is 0 Å². The fraction of sp³-hybridized carbons (Fsp3) is 0.619. The van der Waals surface area contributed by atoms with Crippen LogP contribution in [0.5, 0.6) is 0 Å². The van der Waals surface area contributed by atoms with Gasteiger partial charge in [-0.3, -0.25) is 9.59 Å². The van der Waals surface area contributed by atoms with Crippen molar-refractivity contribution in [3.63, 3.8) is 0 Å². The summed E-state index contributed by atoms with van der Waals surface area (Å²) in [5.74, 6) is 0.496. The summed E-state index contributed by atoms with van der Waals surface area (Å²) in [7, 11) is 0. The van der Waals surface area contributed by atoms with E-state index in [-0.39, 0.29) is 23.8 Å². The molecule has 1 aliphatic heterocycles. The number of carbonyl (C=O) groups is 2. The lowest BCUT2D eigenvalue weighted by Gasteiger charge is -2.19. The van der Waals surface area contributed by atoms with E-state index < -0.39 is 0 Å². The average molecular weight is 344 g/mol. The van der Waals surface area contributed by atoms with Gasteiger partial charge in [0.05, 0.1) is 5.92 Å². The largest absolute Gasteiger partial charge is 0.353 e. The van der Waals surface area contributed by atoms with Crippen molar-refractivity contribution in [1.29, 1.82) is 0 Å². The molecule has 0 radical (unpaired) electrons. The Kier molecular flexibility index (Phi) is 6.63. The molecule has 0 aromatic heterocycles. The summed E-state index contributed by atoms with van der Waals surface area (Å²) in [6.45, 7) is 11.1. The molecule has 4 nitrogen and oxygen atoms in total. The summed E-state index contributed by atoms with van der Waals surface area (Å²) in [5, 5.41) is 3.09. The predicted molar refractivity (Wildman–Crippen MR) is 103 cm³/mol. The number of amides is 2. The molecule has 138 valence electrons. The van der Waals surface area contributed by atoms with E-state index in [0.29, 0.717) is 18.9 Å². The van der Waals surface area contributed by atoms with Crippen molar-refractivity contribution < 1.29 is 9.59 Å². The maximum atomic E-state index is 12.5. The SMILES string of the molecule is Cc1ccc(N2C[C@H](C(=O)N[C@@H](C)CCCC(C)C)CC2=O)cc1C. The number of nitrogens with zero attached hydrogens (tertiary/aromatic N) is 1. The highest BCUT2D eigenvalue weighted by atomic mass is 16.2. The maximum absolute atomic E-state index is 12.5. The van der Waals surface area contributed by atoms with Gasteiger partial charge >= 0.3 is 0 Å². The first-order valence-corrected chi connectivity index (χ1v) is 9.46. The molecule has 0 saturated carbocycles. The number of rotatable bonds is 7. The zero-order valence-electron chi connectivity index (χ0n) is 16.3. The van der Waals surface area contributed by atoms with Crippen molar-refractivity contribution in [3.8, 4) is 0 Å². The van der Waals surface area contributed by atoms with Gasteiger partial charge in [0.2, 0.25) is 11.8 Å². The molecule has 0 bridgehead atoms. The van der Waals surface area contributed by atoms with Crippen LogP contribution in [0.1, 0.15) is 57.6 Å². The van der Waals surface area contributed by atoms with Crippen LogP contribution in [0.4, 0.5) is 5.69 Å². The molecular formula is C21H32N2O2. The van der Waals surface area contributed by atoms with Gasteiger partial charge in [-0.25, -0.2) is 0 Å². The molecule has 0 unspecified atom stereocenters. The summed E-state index contributed by atoms with van der Waals surface area (Å²) in [5.41, 5.74) is 3.27. The highest BCUT2D eigenvalue weighted by Crippen LogP contribution is 2.27. The summed E-state index contributed by atoms with van der Waals surface area (Å²) in [4.78, 5) is 26.6. The molecule has 1 aromatic rings. The highest BCUT2D eigenvalue weighted by molar-refractivity contribution is 6.00. The molecule has 0 aliphatic carbocycles. The van der Waals surface area contributed by atoms with Crippen molar-refractivity contribution in [2.24, 2.45) is 11.8 Å². The van der Waals surface area contributed by atoms with E-state index in [1.54, 1.807) is 4.90 Å². The van der Waals surface area contributed by atoms with Crippen LogP contribution >= 0.6 is 0 Å². The quantitative estimate of drug-likeness (QED) is 0.813. The minimum absolute atomic E-state index is 0.0109. The summed E-state index contributed by atoms with van der Waals surface area (Å²) in [6, 6.07) is 6.19. The lowest BCUT2D eigenvalue weighted by molar-refractivity contribution is -0.126. The van der Waals surface area contributed by atoms with E-state index in [9.17, 15) is 9.59 Å². The van der Waals surface area contributed by atoms with Gasteiger partial charge < -0.3 is 10.2 Å². The Balaban J connectivity index is 1.90. The lowest BCUT2D eigenvalue weighted by Crippen LogP contribution is -2.38. The average Bonchev–Trinajstić information content (AvgIpc) is 2.91. The van der Waals surface area contributed by atoms with E-state index in [4.69, 9.17) is 0 Å². The van der Waals surface area contributed by atoms with Crippen LogP contribution in [0.3, 0.4) is 0 Å². The van der Waals surface area contributed by atoms with Crippen molar-refractivity contribution >= 4 is 17.5 Å². The second-order valence-electron chi connectivity index (χ2n) is 7.91. The number of carbonyl (C=O) groups excluding carboxylic acids is 2. The first-order chi connectivity index (χ1) is 11.8. The molecule has 0 spiro atoms. The lowest BCUT2D eigenvalue weighted by atomic mass is 10.0. The van der Waals surface area contributed by atoms with Gasteiger partial charge in [0.1, 0.15) is 0 Å². The standard InChI is InChI=1S/C21H32N2O2/c1-14(2)7-6-8-17(5)22-21(25)18-12-20(24)23(13-18)19-10-9-15(3)16(4)11-19/h9-11,14,17-18H,6-8,12-13H2,1-5H3,(H,22,25)/t17-,18+/m0/s1. The molecule has 25 heavy (non-hydrogen) atoms. The van der Waals surface area contributed by atoms with Crippen LogP contribution in [0, 0.1) is 25.7 Å². The third-order valence-corrected chi connectivity index (χ3v) is 5.11. The fourth-order valence-electron chi connectivity index (χ4n) is 3.29. The Hall–Kier alpha value is -1.84. The predicted octanol–water partition coefficient (Wildman–Crippen LogP) is 3.99. The van der Waals surface area contributed by atoms with Crippen molar-refractivity contribution in [2.75, 3.05) is 11.4 Å². The highest BCUT2D eigenvalue weighted by Gasteiger charge is 2.35. The number of anilines is 1. The van der Waals surface area contributed by atoms with Crippen LogP contribution in [0.2, 0.25) is 0 Å². The number of hydrogen-bond donors (Lipinski definition) is 1. The van der Waals surface area contributed by atoms with Crippen LogP contribution < -0.4 is 10.2 Å². The van der Waals surface area contributed by atoms with Gasteiger partial charge in [0.15, 0.2) is 0 Å². The Bertz CT molecular complexity index is 624. The van der Waals surface area contributed by atoms with Gasteiger partial charge in [-0.05, 0) is 56.4 Å². The molecule has 2 atom stereocenters. The van der Waals surface area contributed by atoms with E-state index in [2.05, 4.69) is 33.0 Å². The minimum Gasteiger partial charge on any atom is -0.353 e. The van der Waals surface area contributed by atoms with Gasteiger partial charge in [-0.15, -0.1) is 0 Å². The Morgan fingerprint density at radius 1 is 1.20 bits per heavy atom. The number of nitrogens with one attached hydrogen (secondary N) is 1. The van der Waals surface area contributed by atoms with E-state index >= 15 is 0 Å². The second kappa shape index (κ2) is 8.50. The molecule has 2 rings (SSSR count). The summed E-state index contributed by atoms with van der Waals surface area (Å²) < 4.78 is 0. The summed E-state index contributed by atoms with van der Waals surface area (Å²) in [6.07, 6.45) is 3.60. The van der Waals surface area contributed by atoms with Crippen LogP contribution in [0.15, 0.2) is 18.2 Å². The maximum Gasteiger partial charge on any atom is 0.227 e. The topological polar surface area (TPSA) is 49.4 Å². The first-order valence-electron chi connectivity index (χ1n) is 9.46. The monoisotopic (exact) mass is 344 g/mol. The first kappa shape index (κ1) is 19.5. The number of benzene rings is 1. The Labute approximate surface area is 152 Å². The van der Waals surface area contributed by atoms with Crippen molar-refractivity contribution in [2.45, 2.75) is 66.3 Å². The molecule has 4 heteroatoms. The number of hydrogen-bond acceptors (Lipinski definition) is 2. The van der Waals surface area contributed by atoms with Crippen LogP contribution in [0.25, 0.3) is 0 Å². The smallest absolute Gasteiger partial charge is 0.227 e. The number of aryl methyl sites for hydroxylation is 2. The molecule has 1 aromatic carbocycles. The van der Waals surface area contributed by atoms with Crippen LogP contribution in [-0.4, -0.2) is 24.4 Å². The molecule has 1 fully saturated rings. The Morgan fingerprint density at radius 2 is 1.92 bits per heavy atom. The third kappa shape index (κ3) is 5.32. The van der Waals surface area contributed by atoms with Crippen molar-refractivity contribution in [1.82, 2.24) is 5.32 Å². The summed E-state index contributed by atoms with van der Waals surface area (Å²) >= 11 is 0. The zero-order valence-corrected chi connectivity index (χ0v) is 16.3. The molecule has 2 amide bonds. The zero-order chi connectivity index (χ0) is 18.6. The molecule has 1 saturated heterocycles. The van der Waals surface area contributed by atoms with Crippen molar-refractivity contribution in [3.05, 3.63) is 29.3 Å². The normalized spacial score (nSPS) is 18.7. The van der Waals surface area contributed by atoms with Gasteiger partial charge in [-0.2, -0.15) is 0 Å². The fourth-order valence-corrected chi connectivity index (χ4v) is 3.29. The minimum atomic E-state index is -0.248.